The second-order valence-corrected chi connectivity index (χ2v) is 7.23. The molecule has 0 aliphatic heterocycles. The molecule has 1 aromatic carbocycles. The van der Waals surface area contributed by atoms with Crippen LogP contribution in [0.15, 0.2) is 24.3 Å². The Kier molecular flexibility index (Phi) is 6.14. The van der Waals surface area contributed by atoms with Gasteiger partial charge in [-0.1, -0.05) is 19.9 Å². The van der Waals surface area contributed by atoms with Crippen molar-refractivity contribution in [3.63, 3.8) is 0 Å². The van der Waals surface area contributed by atoms with Gasteiger partial charge in [-0.2, -0.15) is 0 Å². The predicted molar refractivity (Wildman–Crippen MR) is 101 cm³/mol. The number of para-hydroxylation sites is 1. The normalized spacial score (nSPS) is 15.2. The number of rotatable bonds is 8. The fraction of sp³-hybridized carbons (Fsp3) is 0.571. The van der Waals surface area contributed by atoms with Gasteiger partial charge in [0, 0.05) is 24.3 Å². The van der Waals surface area contributed by atoms with Crippen LogP contribution < -0.4 is 9.47 Å². The minimum absolute atomic E-state index is 0.319. The van der Waals surface area contributed by atoms with Crippen LogP contribution in [0.5, 0.6) is 11.5 Å². The van der Waals surface area contributed by atoms with Gasteiger partial charge in [-0.3, -0.25) is 0 Å². The predicted octanol–water partition coefficient (Wildman–Crippen LogP) is 4.78. The zero-order valence-corrected chi connectivity index (χ0v) is 15.6. The third-order valence-corrected chi connectivity index (χ3v) is 4.58. The molecule has 2 aromatic rings. The Morgan fingerprint density at radius 3 is 2.64 bits per heavy atom. The maximum Gasteiger partial charge on any atom is 0.146 e. The van der Waals surface area contributed by atoms with Crippen molar-refractivity contribution in [3.05, 3.63) is 30.0 Å². The molecule has 1 heterocycles. The molecule has 0 bridgehead atoms. The quantitative estimate of drug-likeness (QED) is 0.647. The molecule has 0 amide bonds. The highest BCUT2D eigenvalue weighted by Gasteiger charge is 2.19. The van der Waals surface area contributed by atoms with Crippen molar-refractivity contribution in [2.75, 3.05) is 20.3 Å². The third kappa shape index (κ3) is 4.63. The molecule has 0 N–H and O–H groups in total. The van der Waals surface area contributed by atoms with Crippen molar-refractivity contribution in [2.24, 2.45) is 5.92 Å². The van der Waals surface area contributed by atoms with E-state index in [2.05, 4.69) is 26.0 Å². The number of aromatic nitrogens is 1. The van der Waals surface area contributed by atoms with E-state index < -0.39 is 0 Å². The van der Waals surface area contributed by atoms with Crippen LogP contribution in [-0.4, -0.2) is 31.4 Å². The highest BCUT2D eigenvalue weighted by Crippen LogP contribution is 2.34. The lowest BCUT2D eigenvalue weighted by molar-refractivity contribution is 0.147. The van der Waals surface area contributed by atoms with Gasteiger partial charge >= 0.3 is 0 Å². The lowest BCUT2D eigenvalue weighted by atomic mass is 10.1. The Balaban J connectivity index is 1.97. The highest BCUT2D eigenvalue weighted by atomic mass is 16.5. The Bertz CT molecular complexity index is 693. The monoisotopic (exact) mass is 343 g/mol. The van der Waals surface area contributed by atoms with E-state index in [0.717, 1.165) is 47.4 Å². The van der Waals surface area contributed by atoms with E-state index in [9.17, 15) is 0 Å². The first-order valence-electron chi connectivity index (χ1n) is 9.38. The minimum atomic E-state index is 0.319. The van der Waals surface area contributed by atoms with Gasteiger partial charge in [0.05, 0.1) is 12.7 Å². The molecule has 3 rings (SSSR count). The SMILES string of the molecule is COCCOc1cc(CC(C)C)nc2c(OC3CCCC3)cccc12. The highest BCUT2D eigenvalue weighted by molar-refractivity contribution is 5.90. The molecule has 1 aromatic heterocycles. The molecule has 25 heavy (non-hydrogen) atoms. The van der Waals surface area contributed by atoms with Gasteiger partial charge in [-0.05, 0) is 50.2 Å². The van der Waals surface area contributed by atoms with E-state index in [1.165, 1.54) is 12.8 Å². The van der Waals surface area contributed by atoms with Crippen molar-refractivity contribution >= 4 is 10.9 Å². The molecule has 136 valence electrons. The van der Waals surface area contributed by atoms with Crippen LogP contribution in [0.1, 0.15) is 45.2 Å². The average Bonchev–Trinajstić information content (AvgIpc) is 3.08. The molecular formula is C21H29NO3. The second kappa shape index (κ2) is 8.52. The molecule has 1 aliphatic rings. The second-order valence-electron chi connectivity index (χ2n) is 7.23. The Morgan fingerprint density at radius 2 is 1.92 bits per heavy atom. The zero-order valence-electron chi connectivity index (χ0n) is 15.6. The molecular weight excluding hydrogens is 314 g/mol. The van der Waals surface area contributed by atoms with Crippen LogP contribution in [0.25, 0.3) is 10.9 Å². The molecule has 0 saturated heterocycles. The van der Waals surface area contributed by atoms with Gasteiger partial charge in [-0.25, -0.2) is 4.98 Å². The molecule has 4 heteroatoms. The number of nitrogens with zero attached hydrogens (tertiary/aromatic N) is 1. The first kappa shape index (κ1) is 18.0. The van der Waals surface area contributed by atoms with Crippen LogP contribution in [-0.2, 0) is 11.2 Å². The van der Waals surface area contributed by atoms with E-state index in [4.69, 9.17) is 19.2 Å². The number of pyridine rings is 1. The van der Waals surface area contributed by atoms with Crippen molar-refractivity contribution in [1.29, 1.82) is 0 Å². The largest absolute Gasteiger partial charge is 0.490 e. The van der Waals surface area contributed by atoms with Gasteiger partial charge in [0.25, 0.3) is 0 Å². The lowest BCUT2D eigenvalue weighted by Crippen LogP contribution is -2.12. The average molecular weight is 343 g/mol. The summed E-state index contributed by atoms with van der Waals surface area (Å²) in [4.78, 5) is 4.91. The number of benzene rings is 1. The van der Waals surface area contributed by atoms with E-state index >= 15 is 0 Å². The Morgan fingerprint density at radius 1 is 1.12 bits per heavy atom. The summed E-state index contributed by atoms with van der Waals surface area (Å²) in [6, 6.07) is 8.19. The van der Waals surface area contributed by atoms with E-state index in [0.29, 0.717) is 25.2 Å². The zero-order chi connectivity index (χ0) is 17.6. The maximum atomic E-state index is 6.29. The van der Waals surface area contributed by atoms with Crippen LogP contribution in [0.3, 0.4) is 0 Å². The first-order chi connectivity index (χ1) is 12.2. The summed E-state index contributed by atoms with van der Waals surface area (Å²) in [6.07, 6.45) is 6.03. The molecule has 0 radical (unpaired) electrons. The van der Waals surface area contributed by atoms with E-state index in [-0.39, 0.29) is 0 Å². The van der Waals surface area contributed by atoms with E-state index in [1.54, 1.807) is 7.11 Å². The topological polar surface area (TPSA) is 40.6 Å². The van der Waals surface area contributed by atoms with E-state index in [1.807, 2.05) is 12.1 Å². The molecule has 1 saturated carbocycles. The smallest absolute Gasteiger partial charge is 0.146 e. The van der Waals surface area contributed by atoms with Gasteiger partial charge in [0.15, 0.2) is 0 Å². The molecule has 0 atom stereocenters. The number of hydrogen-bond donors (Lipinski definition) is 0. The van der Waals surface area contributed by atoms with Crippen molar-refractivity contribution in [3.8, 4) is 11.5 Å². The lowest BCUT2D eigenvalue weighted by Gasteiger charge is -2.17. The number of ether oxygens (including phenoxy) is 3. The standard InChI is InChI=1S/C21H29NO3/c1-15(2)13-16-14-20(24-12-11-23-3)18-9-6-10-19(21(18)22-16)25-17-7-4-5-8-17/h6,9-10,14-15,17H,4-5,7-8,11-13H2,1-3H3. The Hall–Kier alpha value is -1.81. The minimum Gasteiger partial charge on any atom is -0.490 e. The fourth-order valence-electron chi connectivity index (χ4n) is 3.40. The summed E-state index contributed by atoms with van der Waals surface area (Å²) >= 11 is 0. The van der Waals surface area contributed by atoms with Crippen LogP contribution in [0, 0.1) is 5.92 Å². The molecule has 0 spiro atoms. The van der Waals surface area contributed by atoms with Gasteiger partial charge in [0.2, 0.25) is 0 Å². The molecule has 0 unspecified atom stereocenters. The molecule has 1 aliphatic carbocycles. The van der Waals surface area contributed by atoms with Gasteiger partial charge < -0.3 is 14.2 Å². The van der Waals surface area contributed by atoms with Crippen molar-refractivity contribution in [2.45, 2.75) is 52.1 Å². The van der Waals surface area contributed by atoms with Crippen LogP contribution >= 0.6 is 0 Å². The van der Waals surface area contributed by atoms with Crippen LogP contribution in [0.2, 0.25) is 0 Å². The van der Waals surface area contributed by atoms with Crippen molar-refractivity contribution in [1.82, 2.24) is 4.98 Å². The number of fused-ring (bicyclic) bond motifs is 1. The Labute approximate surface area is 150 Å². The summed E-state index contributed by atoms with van der Waals surface area (Å²) in [6.45, 7) is 5.52. The summed E-state index contributed by atoms with van der Waals surface area (Å²) in [7, 11) is 1.69. The molecule has 4 nitrogen and oxygen atoms in total. The fourth-order valence-corrected chi connectivity index (χ4v) is 3.40. The summed E-state index contributed by atoms with van der Waals surface area (Å²) in [5.41, 5.74) is 1.97. The first-order valence-corrected chi connectivity index (χ1v) is 9.38. The van der Waals surface area contributed by atoms with Crippen molar-refractivity contribution < 1.29 is 14.2 Å². The van der Waals surface area contributed by atoms with Gasteiger partial charge in [-0.15, -0.1) is 0 Å². The summed E-state index contributed by atoms with van der Waals surface area (Å²) < 4.78 is 17.4. The maximum absolute atomic E-state index is 6.29. The van der Waals surface area contributed by atoms with Gasteiger partial charge in [0.1, 0.15) is 23.6 Å². The third-order valence-electron chi connectivity index (χ3n) is 4.58. The number of hydrogen-bond acceptors (Lipinski definition) is 4. The van der Waals surface area contributed by atoms with Crippen LogP contribution in [0.4, 0.5) is 0 Å². The molecule has 1 fully saturated rings. The summed E-state index contributed by atoms with van der Waals surface area (Å²) in [5, 5.41) is 1.01. The summed E-state index contributed by atoms with van der Waals surface area (Å²) in [5.74, 6) is 2.29. The number of methoxy groups -OCH3 is 1.